The third-order valence-corrected chi connectivity index (χ3v) is 4.40. The SMILES string of the molecule is CC(C)C1CC(C2COC(C)(C)N2C(=O)OC(C)(C)C)OC1=O. The number of carbonyl (C=O) groups is 2. The van der Waals surface area contributed by atoms with Gasteiger partial charge in [0.05, 0.1) is 18.6 Å². The third-order valence-electron chi connectivity index (χ3n) is 4.40. The molecule has 0 aromatic heterocycles. The molecule has 0 bridgehead atoms. The molecule has 0 aliphatic carbocycles. The quantitative estimate of drug-likeness (QED) is 0.730. The molecule has 6 nitrogen and oxygen atoms in total. The van der Waals surface area contributed by atoms with Crippen molar-refractivity contribution >= 4 is 12.1 Å². The van der Waals surface area contributed by atoms with E-state index >= 15 is 0 Å². The Bertz CT molecular complexity index is 480. The molecule has 2 rings (SSSR count). The summed E-state index contributed by atoms with van der Waals surface area (Å²) in [6, 6.07) is -0.312. The summed E-state index contributed by atoms with van der Waals surface area (Å²) in [5, 5.41) is 0. The smallest absolute Gasteiger partial charge is 0.413 e. The van der Waals surface area contributed by atoms with E-state index < -0.39 is 17.4 Å². The van der Waals surface area contributed by atoms with E-state index in [0.717, 1.165) is 0 Å². The van der Waals surface area contributed by atoms with Crippen LogP contribution in [-0.4, -0.2) is 47.0 Å². The van der Waals surface area contributed by atoms with Crippen LogP contribution in [0.15, 0.2) is 0 Å². The Hall–Kier alpha value is -1.30. The molecule has 6 heteroatoms. The van der Waals surface area contributed by atoms with Crippen LogP contribution in [0.1, 0.15) is 54.9 Å². The van der Waals surface area contributed by atoms with Crippen molar-refractivity contribution in [2.45, 2.75) is 78.4 Å². The van der Waals surface area contributed by atoms with Crippen molar-refractivity contribution < 1.29 is 23.8 Å². The van der Waals surface area contributed by atoms with Crippen LogP contribution in [0.4, 0.5) is 4.79 Å². The summed E-state index contributed by atoms with van der Waals surface area (Å²) >= 11 is 0. The van der Waals surface area contributed by atoms with Gasteiger partial charge in [-0.15, -0.1) is 0 Å². The van der Waals surface area contributed by atoms with Crippen LogP contribution in [-0.2, 0) is 19.0 Å². The number of ether oxygens (including phenoxy) is 3. The molecular weight excluding hydrogens is 298 g/mol. The minimum Gasteiger partial charge on any atom is -0.460 e. The number of cyclic esters (lactones) is 1. The monoisotopic (exact) mass is 327 g/mol. The van der Waals surface area contributed by atoms with Crippen LogP contribution in [0.2, 0.25) is 0 Å². The van der Waals surface area contributed by atoms with E-state index in [1.54, 1.807) is 4.90 Å². The van der Waals surface area contributed by atoms with Crippen molar-refractivity contribution in [2.75, 3.05) is 6.61 Å². The van der Waals surface area contributed by atoms with Crippen LogP contribution in [0.3, 0.4) is 0 Å². The van der Waals surface area contributed by atoms with Crippen molar-refractivity contribution in [1.29, 1.82) is 0 Å². The zero-order valence-electron chi connectivity index (χ0n) is 15.2. The molecule has 23 heavy (non-hydrogen) atoms. The van der Waals surface area contributed by atoms with E-state index in [1.807, 2.05) is 48.5 Å². The first-order valence-electron chi connectivity index (χ1n) is 8.29. The van der Waals surface area contributed by atoms with Gasteiger partial charge in [0.25, 0.3) is 0 Å². The average Bonchev–Trinajstić information content (AvgIpc) is 2.86. The summed E-state index contributed by atoms with van der Waals surface area (Å²) in [7, 11) is 0. The van der Waals surface area contributed by atoms with Crippen molar-refractivity contribution in [3.8, 4) is 0 Å². The van der Waals surface area contributed by atoms with Crippen LogP contribution in [0.5, 0.6) is 0 Å². The van der Waals surface area contributed by atoms with E-state index in [9.17, 15) is 9.59 Å². The molecule has 0 aromatic carbocycles. The van der Waals surface area contributed by atoms with Crippen LogP contribution < -0.4 is 0 Å². The highest BCUT2D eigenvalue weighted by Gasteiger charge is 2.52. The molecule has 3 atom stereocenters. The molecule has 132 valence electrons. The highest BCUT2D eigenvalue weighted by Crippen LogP contribution is 2.37. The molecule has 2 aliphatic rings. The summed E-state index contributed by atoms with van der Waals surface area (Å²) in [6.45, 7) is 13.5. The van der Waals surface area contributed by atoms with Gasteiger partial charge in [0.2, 0.25) is 0 Å². The Morgan fingerprint density at radius 1 is 1.35 bits per heavy atom. The van der Waals surface area contributed by atoms with E-state index in [2.05, 4.69) is 0 Å². The van der Waals surface area contributed by atoms with Gasteiger partial charge < -0.3 is 14.2 Å². The van der Waals surface area contributed by atoms with Gasteiger partial charge in [-0.2, -0.15) is 0 Å². The van der Waals surface area contributed by atoms with Gasteiger partial charge in [-0.3, -0.25) is 9.69 Å². The van der Waals surface area contributed by atoms with E-state index in [0.29, 0.717) is 13.0 Å². The molecule has 2 saturated heterocycles. The van der Waals surface area contributed by atoms with E-state index in [-0.39, 0.29) is 30.0 Å². The minimum absolute atomic E-state index is 0.121. The summed E-state index contributed by atoms with van der Waals surface area (Å²) in [6.07, 6.45) is -0.168. The third kappa shape index (κ3) is 3.79. The zero-order valence-corrected chi connectivity index (χ0v) is 15.2. The molecule has 3 unspecified atom stereocenters. The Balaban J connectivity index is 2.18. The molecule has 0 aromatic rings. The topological polar surface area (TPSA) is 65.1 Å². The molecule has 2 fully saturated rings. The first-order valence-corrected chi connectivity index (χ1v) is 8.29. The largest absolute Gasteiger partial charge is 0.460 e. The molecule has 1 amide bonds. The van der Waals surface area contributed by atoms with Gasteiger partial charge in [0.15, 0.2) is 0 Å². The number of hydrogen-bond donors (Lipinski definition) is 0. The average molecular weight is 327 g/mol. The van der Waals surface area contributed by atoms with Gasteiger partial charge >= 0.3 is 12.1 Å². The highest BCUT2D eigenvalue weighted by atomic mass is 16.6. The number of carbonyl (C=O) groups excluding carboxylic acids is 2. The summed E-state index contributed by atoms with van der Waals surface area (Å²) in [5.41, 5.74) is -1.37. The second-order valence-corrected chi connectivity index (χ2v) is 8.24. The van der Waals surface area contributed by atoms with Crippen LogP contribution in [0.25, 0.3) is 0 Å². The molecule has 0 spiro atoms. The highest BCUT2D eigenvalue weighted by molar-refractivity contribution is 5.75. The second-order valence-electron chi connectivity index (χ2n) is 8.24. The number of hydrogen-bond acceptors (Lipinski definition) is 5. The van der Waals surface area contributed by atoms with Crippen molar-refractivity contribution in [3.05, 3.63) is 0 Å². The van der Waals surface area contributed by atoms with Gasteiger partial charge in [-0.25, -0.2) is 4.79 Å². The predicted octanol–water partition coefficient (Wildman–Crippen LogP) is 2.95. The Morgan fingerprint density at radius 3 is 2.43 bits per heavy atom. The van der Waals surface area contributed by atoms with E-state index in [4.69, 9.17) is 14.2 Å². The standard InChI is InChI=1S/C17H29NO5/c1-10(2)11-8-13(22-14(11)19)12-9-21-17(6,7)18(12)15(20)23-16(3,4)5/h10-13H,8-9H2,1-7H3. The summed E-state index contributed by atoms with van der Waals surface area (Å²) in [5.74, 6) is -0.0825. The van der Waals surface area contributed by atoms with Gasteiger partial charge in [-0.05, 0) is 40.5 Å². The maximum absolute atomic E-state index is 12.6. The fraction of sp³-hybridized carbons (Fsp3) is 0.882. The predicted molar refractivity (Wildman–Crippen MR) is 84.7 cm³/mol. The molecule has 2 heterocycles. The fourth-order valence-electron chi connectivity index (χ4n) is 3.18. The molecule has 0 radical (unpaired) electrons. The molecule has 2 aliphatic heterocycles. The number of amides is 1. The van der Waals surface area contributed by atoms with E-state index in [1.165, 1.54) is 0 Å². The van der Waals surface area contributed by atoms with Crippen LogP contribution in [0, 0.1) is 11.8 Å². The molecule has 0 saturated carbocycles. The van der Waals surface area contributed by atoms with Crippen molar-refractivity contribution in [2.24, 2.45) is 11.8 Å². The lowest BCUT2D eigenvalue weighted by Gasteiger charge is -2.36. The molecular formula is C17H29NO5. The first-order chi connectivity index (χ1) is 10.4. The maximum atomic E-state index is 12.6. The Morgan fingerprint density at radius 2 is 1.96 bits per heavy atom. The zero-order chi connectivity index (χ0) is 17.6. The second kappa shape index (κ2) is 5.96. The lowest BCUT2D eigenvalue weighted by molar-refractivity contribution is -0.147. The Labute approximate surface area is 138 Å². The number of esters is 1. The minimum atomic E-state index is -0.782. The Kier molecular flexibility index (Phi) is 4.68. The van der Waals surface area contributed by atoms with Gasteiger partial charge in [0.1, 0.15) is 17.4 Å². The fourth-order valence-corrected chi connectivity index (χ4v) is 3.18. The summed E-state index contributed by atoms with van der Waals surface area (Å²) < 4.78 is 16.8. The first kappa shape index (κ1) is 18.0. The normalized spacial score (nSPS) is 30.7. The lowest BCUT2D eigenvalue weighted by Crippen LogP contribution is -2.53. The number of rotatable bonds is 2. The summed E-state index contributed by atoms with van der Waals surface area (Å²) in [4.78, 5) is 26.3. The number of nitrogens with zero attached hydrogens (tertiary/aromatic N) is 1. The van der Waals surface area contributed by atoms with Gasteiger partial charge in [-0.1, -0.05) is 13.8 Å². The lowest BCUT2D eigenvalue weighted by atomic mass is 9.91. The van der Waals surface area contributed by atoms with Crippen LogP contribution >= 0.6 is 0 Å². The van der Waals surface area contributed by atoms with Crippen molar-refractivity contribution in [3.63, 3.8) is 0 Å². The van der Waals surface area contributed by atoms with Crippen molar-refractivity contribution in [1.82, 2.24) is 4.90 Å². The molecule has 0 N–H and O–H groups in total. The maximum Gasteiger partial charge on any atom is 0.413 e. The van der Waals surface area contributed by atoms with Gasteiger partial charge in [0, 0.05) is 6.42 Å².